The highest BCUT2D eigenvalue weighted by atomic mass is 16.6. The lowest BCUT2D eigenvalue weighted by Gasteiger charge is -2.39. The molecule has 2 aliphatic rings. The first-order valence-electron chi connectivity index (χ1n) is 24.2. The molecule has 17 nitrogen and oxygen atoms in total. The van der Waals surface area contributed by atoms with Gasteiger partial charge in [-0.05, 0) is 80.3 Å². The number of carboxylic acid groups (broad SMARTS) is 1. The predicted molar refractivity (Wildman–Crippen MR) is 263 cm³/mol. The van der Waals surface area contributed by atoms with Crippen LogP contribution < -0.4 is 0 Å². The maximum atomic E-state index is 13.9. The summed E-state index contributed by atoms with van der Waals surface area (Å²) in [6.45, 7) is 9.82. The lowest BCUT2D eigenvalue weighted by molar-refractivity contribution is -0.156. The van der Waals surface area contributed by atoms with Crippen LogP contribution in [0.3, 0.4) is 0 Å². The molecule has 17 heteroatoms. The van der Waals surface area contributed by atoms with Gasteiger partial charge in [-0.2, -0.15) is 0 Å². The molecule has 1 aliphatic heterocycles. The number of aryl methyl sites for hydroxylation is 1. The molecule has 3 aromatic carbocycles. The van der Waals surface area contributed by atoms with Crippen molar-refractivity contribution in [2.24, 2.45) is 0 Å². The third-order valence-corrected chi connectivity index (χ3v) is 13.1. The highest BCUT2D eigenvalue weighted by molar-refractivity contribution is 5.87. The molecular formula is C53H70N6O11. The number of rotatable bonds is 23. The van der Waals surface area contributed by atoms with Crippen LogP contribution in [-0.4, -0.2) is 162 Å². The molecule has 378 valence electrons. The van der Waals surface area contributed by atoms with Crippen molar-refractivity contribution in [3.8, 4) is 11.1 Å². The van der Waals surface area contributed by atoms with Crippen LogP contribution in [0.1, 0.15) is 89.0 Å². The zero-order chi connectivity index (χ0) is 50.5. The molecule has 1 unspecified atom stereocenters. The summed E-state index contributed by atoms with van der Waals surface area (Å²) in [7, 11) is 4.93. The van der Waals surface area contributed by atoms with Crippen molar-refractivity contribution in [3.05, 3.63) is 95.7 Å². The summed E-state index contributed by atoms with van der Waals surface area (Å²) >= 11 is 0. The Balaban J connectivity index is 1.01. The fraction of sp³-hybridized carbons (Fsp3) is 0.509. The van der Waals surface area contributed by atoms with E-state index in [9.17, 15) is 33.9 Å². The molecule has 1 atom stereocenters. The molecule has 1 saturated heterocycles. The Morgan fingerprint density at radius 1 is 0.757 bits per heavy atom. The Labute approximate surface area is 411 Å². The number of aromatic nitrogens is 1. The van der Waals surface area contributed by atoms with E-state index in [0.717, 1.165) is 43.8 Å². The molecule has 0 saturated carbocycles. The Morgan fingerprint density at radius 2 is 1.36 bits per heavy atom. The highest BCUT2D eigenvalue weighted by Crippen LogP contribution is 2.44. The number of ether oxygens (including phenoxy) is 4. The summed E-state index contributed by atoms with van der Waals surface area (Å²) in [5.74, 6) is -2.26. The van der Waals surface area contributed by atoms with Crippen LogP contribution >= 0.6 is 0 Å². The highest BCUT2D eigenvalue weighted by Gasteiger charge is 2.32. The molecular weight excluding hydrogens is 897 g/mol. The smallest absolute Gasteiger partial charge is 0.424 e. The summed E-state index contributed by atoms with van der Waals surface area (Å²) in [6, 6.07) is 25.3. The van der Waals surface area contributed by atoms with E-state index in [1.54, 1.807) is 32.7 Å². The van der Waals surface area contributed by atoms with E-state index < -0.39 is 29.6 Å². The van der Waals surface area contributed by atoms with E-state index in [4.69, 9.17) is 18.9 Å². The van der Waals surface area contributed by atoms with Crippen LogP contribution in [0.25, 0.3) is 22.0 Å². The second-order valence-corrected chi connectivity index (χ2v) is 19.0. The van der Waals surface area contributed by atoms with Crippen LogP contribution in [0.2, 0.25) is 0 Å². The maximum absolute atomic E-state index is 13.9. The van der Waals surface area contributed by atoms with Gasteiger partial charge in [0.15, 0.2) is 0 Å². The molecule has 1 fully saturated rings. The van der Waals surface area contributed by atoms with Gasteiger partial charge >= 0.3 is 18.0 Å². The van der Waals surface area contributed by atoms with E-state index in [0.29, 0.717) is 39.0 Å². The van der Waals surface area contributed by atoms with E-state index >= 15 is 0 Å². The van der Waals surface area contributed by atoms with Gasteiger partial charge in [0.05, 0.1) is 39.4 Å². The fourth-order valence-corrected chi connectivity index (χ4v) is 9.08. The van der Waals surface area contributed by atoms with E-state index in [2.05, 4.69) is 34.9 Å². The number of hydrazine groups is 1. The number of hydrogen-bond donors (Lipinski definition) is 1. The standard InChI is InChI=1S/C53H70N6O11/c1-37(51(64)65)55(6)47(60)20-21-49(62)59(29-31-68-33-32-67-30-25-50(63)70-53(2,3)4)39-22-26-57(27-23-39)48(61)24-28-58-40(34-38-14-8-13-19-46(38)58)35-54(5)56(7)52(66)69-36-45-43-17-11-9-15-41(43)42-16-10-12-18-44(42)45/h8-19,34,37,39,45H,20-33,35-36H2,1-7H3,(H,64,65). The third-order valence-electron chi connectivity index (χ3n) is 13.1. The molecule has 0 spiro atoms. The van der Waals surface area contributed by atoms with E-state index in [1.165, 1.54) is 19.0 Å². The van der Waals surface area contributed by atoms with Gasteiger partial charge in [-0.1, -0.05) is 66.7 Å². The van der Waals surface area contributed by atoms with Crippen molar-refractivity contribution in [1.82, 2.24) is 29.3 Å². The second kappa shape index (κ2) is 24.5. The number of para-hydroxylation sites is 1. The molecule has 2 heterocycles. The Morgan fingerprint density at radius 3 is 2.00 bits per heavy atom. The summed E-state index contributed by atoms with van der Waals surface area (Å²) in [4.78, 5) is 82.1. The quantitative estimate of drug-likeness (QED) is 0.0482. The number of likely N-dealkylation sites (N-methyl/N-ethyl adjacent to an activating group) is 1. The minimum atomic E-state index is -1.14. The molecule has 1 aliphatic carbocycles. The molecule has 1 N–H and O–H groups in total. The van der Waals surface area contributed by atoms with E-state index in [1.807, 2.05) is 65.5 Å². The normalized spacial score (nSPS) is 14.3. The van der Waals surface area contributed by atoms with Crippen LogP contribution in [0.15, 0.2) is 78.9 Å². The van der Waals surface area contributed by atoms with Gasteiger partial charge in [-0.15, -0.1) is 0 Å². The van der Waals surface area contributed by atoms with Crippen LogP contribution in [0.4, 0.5) is 4.79 Å². The number of benzene rings is 3. The van der Waals surface area contributed by atoms with Gasteiger partial charge < -0.3 is 43.3 Å². The van der Waals surface area contributed by atoms with Crippen molar-refractivity contribution >= 4 is 46.7 Å². The second-order valence-electron chi connectivity index (χ2n) is 19.0. The minimum Gasteiger partial charge on any atom is -0.480 e. The Kier molecular flexibility index (Phi) is 18.6. The number of carbonyl (C=O) groups is 6. The van der Waals surface area contributed by atoms with Crippen molar-refractivity contribution in [2.75, 3.05) is 73.8 Å². The van der Waals surface area contributed by atoms with Gasteiger partial charge in [-0.25, -0.2) is 19.6 Å². The van der Waals surface area contributed by atoms with Crippen LogP contribution in [0, 0.1) is 0 Å². The molecule has 0 radical (unpaired) electrons. The zero-order valence-corrected chi connectivity index (χ0v) is 41.8. The van der Waals surface area contributed by atoms with Gasteiger partial charge in [0, 0.05) is 89.8 Å². The molecule has 6 rings (SSSR count). The molecule has 4 aromatic rings. The number of carboxylic acids is 1. The van der Waals surface area contributed by atoms with Crippen molar-refractivity contribution in [1.29, 1.82) is 0 Å². The van der Waals surface area contributed by atoms with Crippen LogP contribution in [-0.2, 0) is 56.0 Å². The van der Waals surface area contributed by atoms with Gasteiger partial charge in [0.25, 0.3) is 0 Å². The van der Waals surface area contributed by atoms with E-state index in [-0.39, 0.29) is 95.0 Å². The number of esters is 1. The Hall–Kier alpha value is -6.30. The fourth-order valence-electron chi connectivity index (χ4n) is 9.08. The summed E-state index contributed by atoms with van der Waals surface area (Å²) in [5, 5.41) is 13.7. The van der Waals surface area contributed by atoms with Crippen molar-refractivity contribution in [2.45, 2.75) is 103 Å². The average Bonchev–Trinajstić information content (AvgIpc) is 3.86. The largest absolute Gasteiger partial charge is 0.480 e. The molecule has 1 aromatic heterocycles. The first kappa shape index (κ1) is 53.1. The average molecular weight is 967 g/mol. The first-order chi connectivity index (χ1) is 33.4. The number of piperidine rings is 1. The summed E-state index contributed by atoms with van der Waals surface area (Å²) in [6.07, 6.45) is 0.690. The first-order valence-corrected chi connectivity index (χ1v) is 24.2. The number of fused-ring (bicyclic) bond motifs is 4. The molecule has 4 amide bonds. The topological polar surface area (TPSA) is 181 Å². The minimum absolute atomic E-state index is 0.0136. The number of amides is 4. The lowest BCUT2D eigenvalue weighted by atomic mass is 9.98. The lowest BCUT2D eigenvalue weighted by Crippen LogP contribution is -2.50. The van der Waals surface area contributed by atoms with Gasteiger partial charge in [0.1, 0.15) is 18.2 Å². The van der Waals surface area contributed by atoms with Gasteiger partial charge in [-0.3, -0.25) is 19.2 Å². The molecule has 0 bridgehead atoms. The van der Waals surface area contributed by atoms with Gasteiger partial charge in [0.2, 0.25) is 17.7 Å². The number of likely N-dealkylation sites (tertiary alicyclic amines) is 1. The number of hydrogen-bond acceptors (Lipinski definition) is 11. The van der Waals surface area contributed by atoms with Crippen molar-refractivity contribution in [3.63, 3.8) is 0 Å². The predicted octanol–water partition coefficient (Wildman–Crippen LogP) is 6.56. The summed E-state index contributed by atoms with van der Waals surface area (Å²) < 4.78 is 24.7. The van der Waals surface area contributed by atoms with Crippen LogP contribution in [0.5, 0.6) is 0 Å². The number of carbonyl (C=O) groups excluding carboxylic acids is 5. The SMILES string of the molecule is CC(C(=O)O)N(C)C(=O)CCC(=O)N(CCOCCOCCC(=O)OC(C)(C)C)C1CCN(C(=O)CCn2c(CN(C)N(C)C(=O)OCC3c4ccccc4-c4ccccc43)cc3ccccc32)CC1. The summed E-state index contributed by atoms with van der Waals surface area (Å²) in [5.41, 5.74) is 5.94. The monoisotopic (exact) mass is 967 g/mol. The van der Waals surface area contributed by atoms with Crippen molar-refractivity contribution < 1.29 is 52.8 Å². The number of aliphatic carboxylic acids is 1. The third kappa shape index (κ3) is 13.9. The Bertz CT molecular complexity index is 2410. The zero-order valence-electron chi connectivity index (χ0n) is 41.8. The molecule has 70 heavy (non-hydrogen) atoms. The maximum Gasteiger partial charge on any atom is 0.424 e. The number of nitrogens with zero attached hydrogens (tertiary/aromatic N) is 6.